The van der Waals surface area contributed by atoms with Gasteiger partial charge in [-0.3, -0.25) is 4.79 Å². The van der Waals surface area contributed by atoms with Crippen LogP contribution in [-0.2, 0) is 6.54 Å². The summed E-state index contributed by atoms with van der Waals surface area (Å²) in [6, 6.07) is 14.4. The molecule has 8 heteroatoms. The molecular formula is C24H29N3O5. The molecule has 0 radical (unpaired) electrons. The number of aromatic nitrogens is 1. The Labute approximate surface area is 188 Å². The van der Waals surface area contributed by atoms with E-state index in [4.69, 9.17) is 18.7 Å². The first-order valence-electron chi connectivity index (χ1n) is 10.2. The maximum atomic E-state index is 13.2. The Kier molecular flexibility index (Phi) is 7.72. The largest absolute Gasteiger partial charge is 0.497 e. The Morgan fingerprint density at radius 1 is 0.938 bits per heavy atom. The number of carbonyl (C=O) groups excluding carboxylic acids is 1. The highest BCUT2D eigenvalue weighted by molar-refractivity contribution is 5.94. The fraction of sp³-hybridized carbons (Fsp3) is 0.333. The Morgan fingerprint density at radius 3 is 2.38 bits per heavy atom. The third kappa shape index (κ3) is 5.59. The van der Waals surface area contributed by atoms with E-state index in [2.05, 4.69) is 5.16 Å². The van der Waals surface area contributed by atoms with Gasteiger partial charge in [-0.2, -0.15) is 0 Å². The van der Waals surface area contributed by atoms with Crippen molar-refractivity contribution in [1.82, 2.24) is 15.0 Å². The van der Waals surface area contributed by atoms with Gasteiger partial charge in [-0.05, 0) is 50.5 Å². The van der Waals surface area contributed by atoms with Crippen LogP contribution in [0.25, 0.3) is 11.3 Å². The van der Waals surface area contributed by atoms with Gasteiger partial charge in [-0.15, -0.1) is 0 Å². The zero-order valence-electron chi connectivity index (χ0n) is 19.1. The van der Waals surface area contributed by atoms with Crippen molar-refractivity contribution < 1.29 is 23.5 Å². The third-order valence-corrected chi connectivity index (χ3v) is 5.00. The van der Waals surface area contributed by atoms with Crippen LogP contribution in [0.1, 0.15) is 16.1 Å². The summed E-state index contributed by atoms with van der Waals surface area (Å²) in [6.45, 7) is 1.55. The second-order valence-electron chi connectivity index (χ2n) is 7.51. The van der Waals surface area contributed by atoms with Crippen LogP contribution >= 0.6 is 0 Å². The van der Waals surface area contributed by atoms with E-state index in [0.717, 1.165) is 5.56 Å². The lowest BCUT2D eigenvalue weighted by Gasteiger charge is -2.23. The molecule has 3 aromatic rings. The molecule has 0 atom stereocenters. The second-order valence-corrected chi connectivity index (χ2v) is 7.51. The molecule has 170 valence electrons. The van der Waals surface area contributed by atoms with E-state index < -0.39 is 0 Å². The number of benzene rings is 2. The minimum Gasteiger partial charge on any atom is -0.497 e. The summed E-state index contributed by atoms with van der Waals surface area (Å²) in [5.41, 5.74) is 1.92. The van der Waals surface area contributed by atoms with Crippen LogP contribution < -0.4 is 14.2 Å². The molecule has 0 saturated carbocycles. The van der Waals surface area contributed by atoms with Crippen molar-refractivity contribution in [2.24, 2.45) is 0 Å². The molecule has 8 nitrogen and oxygen atoms in total. The van der Waals surface area contributed by atoms with Gasteiger partial charge in [-0.25, -0.2) is 0 Å². The first-order chi connectivity index (χ1) is 15.4. The van der Waals surface area contributed by atoms with E-state index in [0.29, 0.717) is 53.9 Å². The standard InChI is InChI=1S/C24H29N3O5/c1-26(2)11-12-27(24(28)17-7-6-8-19(13-17)29-3)16-18-14-23(32-25-18)21-15-20(30-4)9-10-22(21)31-5/h6-10,13-15H,11-12,16H2,1-5H3. The molecule has 0 spiro atoms. The number of likely N-dealkylation sites (N-methyl/N-ethyl adjacent to an activating group) is 1. The summed E-state index contributed by atoms with van der Waals surface area (Å²) in [5, 5.41) is 4.20. The predicted octanol–water partition coefficient (Wildman–Crippen LogP) is 3.57. The van der Waals surface area contributed by atoms with E-state index in [-0.39, 0.29) is 5.91 Å². The van der Waals surface area contributed by atoms with Gasteiger partial charge in [0.25, 0.3) is 5.91 Å². The highest BCUT2D eigenvalue weighted by Crippen LogP contribution is 2.34. The Balaban J connectivity index is 1.86. The highest BCUT2D eigenvalue weighted by atomic mass is 16.5. The van der Waals surface area contributed by atoms with Crippen molar-refractivity contribution in [3.63, 3.8) is 0 Å². The van der Waals surface area contributed by atoms with E-state index in [1.54, 1.807) is 44.4 Å². The zero-order valence-corrected chi connectivity index (χ0v) is 19.1. The smallest absolute Gasteiger partial charge is 0.254 e. The summed E-state index contributed by atoms with van der Waals surface area (Å²) in [4.78, 5) is 17.0. The van der Waals surface area contributed by atoms with Crippen LogP contribution in [0, 0.1) is 0 Å². The van der Waals surface area contributed by atoms with Crippen LogP contribution in [0.4, 0.5) is 0 Å². The van der Waals surface area contributed by atoms with E-state index in [9.17, 15) is 4.79 Å². The molecule has 3 rings (SSSR count). The highest BCUT2D eigenvalue weighted by Gasteiger charge is 2.20. The SMILES string of the molecule is COc1cccc(C(=O)N(CCN(C)C)Cc2cc(-c3cc(OC)ccc3OC)on2)c1. The lowest BCUT2D eigenvalue weighted by molar-refractivity contribution is 0.0728. The van der Waals surface area contributed by atoms with E-state index >= 15 is 0 Å². The van der Waals surface area contributed by atoms with Gasteiger partial charge in [0.1, 0.15) is 22.9 Å². The first-order valence-corrected chi connectivity index (χ1v) is 10.2. The first kappa shape index (κ1) is 23.1. The number of hydrogen-bond donors (Lipinski definition) is 0. The number of rotatable bonds is 10. The maximum absolute atomic E-state index is 13.2. The van der Waals surface area contributed by atoms with Gasteiger partial charge in [-0.1, -0.05) is 11.2 Å². The quantitative estimate of drug-likeness (QED) is 0.478. The van der Waals surface area contributed by atoms with Crippen molar-refractivity contribution in [2.75, 3.05) is 48.5 Å². The minimum atomic E-state index is -0.103. The molecule has 0 aliphatic heterocycles. The van der Waals surface area contributed by atoms with Crippen molar-refractivity contribution in [3.8, 4) is 28.6 Å². The average molecular weight is 440 g/mol. The summed E-state index contributed by atoms with van der Waals surface area (Å²) in [6.07, 6.45) is 0. The van der Waals surface area contributed by atoms with Crippen molar-refractivity contribution in [2.45, 2.75) is 6.54 Å². The number of amides is 1. The molecular weight excluding hydrogens is 410 g/mol. The van der Waals surface area contributed by atoms with E-state index in [1.165, 1.54) is 0 Å². The molecule has 0 unspecified atom stereocenters. The number of carbonyl (C=O) groups is 1. The van der Waals surface area contributed by atoms with Crippen molar-refractivity contribution in [3.05, 3.63) is 59.8 Å². The molecule has 1 aromatic heterocycles. The molecule has 2 aromatic carbocycles. The number of ether oxygens (including phenoxy) is 3. The van der Waals surface area contributed by atoms with Crippen molar-refractivity contribution >= 4 is 5.91 Å². The van der Waals surface area contributed by atoms with Gasteiger partial charge in [0.05, 0.1) is 33.4 Å². The van der Waals surface area contributed by atoms with E-state index in [1.807, 2.05) is 49.3 Å². The number of hydrogen-bond acceptors (Lipinski definition) is 7. The number of methoxy groups -OCH3 is 3. The topological polar surface area (TPSA) is 77.3 Å². The summed E-state index contributed by atoms with van der Waals surface area (Å²) in [5.74, 6) is 2.40. The third-order valence-electron chi connectivity index (χ3n) is 5.00. The fourth-order valence-electron chi connectivity index (χ4n) is 3.23. The molecule has 0 bridgehead atoms. The molecule has 0 aliphatic carbocycles. The minimum absolute atomic E-state index is 0.103. The van der Waals surface area contributed by atoms with Gasteiger partial charge < -0.3 is 28.5 Å². The molecule has 0 N–H and O–H groups in total. The van der Waals surface area contributed by atoms with Crippen molar-refractivity contribution in [1.29, 1.82) is 0 Å². The van der Waals surface area contributed by atoms with Crippen LogP contribution in [0.2, 0.25) is 0 Å². The Morgan fingerprint density at radius 2 is 1.69 bits per heavy atom. The molecule has 0 saturated heterocycles. The maximum Gasteiger partial charge on any atom is 0.254 e. The zero-order chi connectivity index (χ0) is 23.1. The summed E-state index contributed by atoms with van der Waals surface area (Å²) in [7, 11) is 8.72. The van der Waals surface area contributed by atoms with Gasteiger partial charge in [0, 0.05) is 24.7 Å². The monoisotopic (exact) mass is 439 g/mol. The molecule has 0 aliphatic rings. The van der Waals surface area contributed by atoms with Gasteiger partial charge in [0.15, 0.2) is 5.76 Å². The molecule has 32 heavy (non-hydrogen) atoms. The molecule has 0 fully saturated rings. The van der Waals surface area contributed by atoms with Crippen LogP contribution in [0.5, 0.6) is 17.2 Å². The van der Waals surface area contributed by atoms with Crippen LogP contribution in [0.15, 0.2) is 53.1 Å². The number of nitrogens with zero attached hydrogens (tertiary/aromatic N) is 3. The predicted molar refractivity (Wildman–Crippen MR) is 121 cm³/mol. The fourth-order valence-corrected chi connectivity index (χ4v) is 3.23. The molecule has 1 amide bonds. The molecule has 1 heterocycles. The summed E-state index contributed by atoms with van der Waals surface area (Å²) < 4.78 is 21.6. The van der Waals surface area contributed by atoms with Gasteiger partial charge >= 0.3 is 0 Å². The Bertz CT molecular complexity index is 1050. The van der Waals surface area contributed by atoms with Crippen LogP contribution in [0.3, 0.4) is 0 Å². The normalized spacial score (nSPS) is 10.8. The summed E-state index contributed by atoms with van der Waals surface area (Å²) >= 11 is 0. The van der Waals surface area contributed by atoms with Crippen LogP contribution in [-0.4, -0.2) is 69.4 Å². The lowest BCUT2D eigenvalue weighted by Crippen LogP contribution is -2.36. The second kappa shape index (κ2) is 10.7. The Hall–Kier alpha value is -3.52. The van der Waals surface area contributed by atoms with Gasteiger partial charge in [0.2, 0.25) is 0 Å². The lowest BCUT2D eigenvalue weighted by atomic mass is 10.1. The average Bonchev–Trinajstić information content (AvgIpc) is 3.29.